The van der Waals surface area contributed by atoms with Gasteiger partial charge in [-0.15, -0.1) is 12.4 Å². The smallest absolute Gasteiger partial charge is 0.241 e. The van der Waals surface area contributed by atoms with Gasteiger partial charge in [-0.25, -0.2) is 0 Å². The topological polar surface area (TPSA) is 70.2 Å². The molecule has 1 aromatic rings. The molecular weight excluding hydrogens is 374 g/mol. The van der Waals surface area contributed by atoms with Crippen molar-refractivity contribution in [3.05, 3.63) is 24.3 Å². The quantitative estimate of drug-likeness (QED) is 0.691. The molecule has 6 heteroatoms. The van der Waals surface area contributed by atoms with Gasteiger partial charge in [0.05, 0.1) is 6.04 Å². The van der Waals surface area contributed by atoms with Crippen LogP contribution in [-0.4, -0.2) is 23.9 Å². The summed E-state index contributed by atoms with van der Waals surface area (Å²) in [4.78, 5) is 25.1. The monoisotopic (exact) mass is 405 g/mol. The Morgan fingerprint density at radius 1 is 0.857 bits per heavy atom. The summed E-state index contributed by atoms with van der Waals surface area (Å²) >= 11 is 0. The minimum atomic E-state index is -0.0985. The van der Waals surface area contributed by atoms with E-state index in [1.807, 2.05) is 24.3 Å². The Labute approximate surface area is 173 Å². The van der Waals surface area contributed by atoms with Crippen molar-refractivity contribution in [1.82, 2.24) is 5.32 Å². The Morgan fingerprint density at radius 2 is 1.50 bits per heavy atom. The third-order valence-corrected chi connectivity index (χ3v) is 6.55. The molecule has 3 aliphatic rings. The van der Waals surface area contributed by atoms with E-state index in [0.717, 1.165) is 43.5 Å². The Balaban J connectivity index is 0.00000225. The van der Waals surface area contributed by atoms with Crippen molar-refractivity contribution in [3.8, 4) is 0 Å². The van der Waals surface area contributed by atoms with Crippen molar-refractivity contribution in [1.29, 1.82) is 0 Å². The molecule has 3 N–H and O–H groups in total. The summed E-state index contributed by atoms with van der Waals surface area (Å²) in [7, 11) is 0. The molecule has 28 heavy (non-hydrogen) atoms. The minimum absolute atomic E-state index is 0. The summed E-state index contributed by atoms with van der Waals surface area (Å²) in [5, 5.41) is 9.58. The van der Waals surface area contributed by atoms with Gasteiger partial charge in [-0.3, -0.25) is 9.59 Å². The number of carbonyl (C=O) groups excluding carboxylic acids is 2. The molecule has 1 aromatic carbocycles. The second-order valence-electron chi connectivity index (χ2n) is 8.50. The zero-order chi connectivity index (χ0) is 18.6. The standard InChI is InChI=1S/C22H31N3O2.ClH/c26-21(15-7-2-1-3-8-15)23-17-10-6-11-18(14-17)24-22(27)20-13-16-9-4-5-12-19(16)25-20;/h6,10-11,14-16,19-20,25H,1-5,7-9,12-13H2,(H,23,26)(H,24,27);1H. The van der Waals surface area contributed by atoms with Crippen molar-refractivity contribution in [2.75, 3.05) is 10.6 Å². The number of nitrogens with one attached hydrogen (secondary N) is 3. The molecule has 2 saturated carbocycles. The molecule has 0 spiro atoms. The number of rotatable bonds is 4. The number of anilines is 2. The summed E-state index contributed by atoms with van der Waals surface area (Å²) in [6.45, 7) is 0. The van der Waals surface area contributed by atoms with Crippen LogP contribution in [0.5, 0.6) is 0 Å². The maximum atomic E-state index is 12.7. The molecule has 154 valence electrons. The van der Waals surface area contributed by atoms with Gasteiger partial charge in [-0.1, -0.05) is 38.2 Å². The van der Waals surface area contributed by atoms with Crippen molar-refractivity contribution in [2.45, 2.75) is 76.3 Å². The van der Waals surface area contributed by atoms with Crippen molar-refractivity contribution < 1.29 is 9.59 Å². The number of hydrogen-bond acceptors (Lipinski definition) is 3. The van der Waals surface area contributed by atoms with Crippen molar-refractivity contribution in [3.63, 3.8) is 0 Å². The zero-order valence-corrected chi connectivity index (χ0v) is 17.2. The van der Waals surface area contributed by atoms with Crippen LogP contribution in [0.15, 0.2) is 24.3 Å². The first-order chi connectivity index (χ1) is 13.2. The lowest BCUT2D eigenvalue weighted by Gasteiger charge is -2.24. The highest BCUT2D eigenvalue weighted by atomic mass is 35.5. The first-order valence-electron chi connectivity index (χ1n) is 10.7. The molecule has 1 aliphatic heterocycles. The van der Waals surface area contributed by atoms with E-state index in [4.69, 9.17) is 0 Å². The molecule has 1 heterocycles. The number of benzene rings is 1. The second-order valence-corrected chi connectivity index (χ2v) is 8.50. The molecule has 3 fully saturated rings. The summed E-state index contributed by atoms with van der Waals surface area (Å²) < 4.78 is 0. The Morgan fingerprint density at radius 3 is 2.21 bits per heavy atom. The number of carbonyl (C=O) groups is 2. The van der Waals surface area contributed by atoms with Crippen molar-refractivity contribution in [2.24, 2.45) is 11.8 Å². The van der Waals surface area contributed by atoms with E-state index in [1.54, 1.807) is 0 Å². The van der Waals surface area contributed by atoms with E-state index in [1.165, 1.54) is 32.1 Å². The maximum absolute atomic E-state index is 12.7. The molecule has 0 bridgehead atoms. The second kappa shape index (κ2) is 9.75. The largest absolute Gasteiger partial charge is 0.326 e. The molecular formula is C22H32ClN3O2. The first kappa shape index (κ1) is 21.1. The van der Waals surface area contributed by atoms with Crippen LogP contribution in [0, 0.1) is 11.8 Å². The molecule has 3 unspecified atom stereocenters. The van der Waals surface area contributed by atoms with Crippen LogP contribution in [0.4, 0.5) is 11.4 Å². The first-order valence-corrected chi connectivity index (χ1v) is 10.7. The van der Waals surface area contributed by atoms with Gasteiger partial charge in [0.15, 0.2) is 0 Å². The van der Waals surface area contributed by atoms with Gasteiger partial charge in [0.1, 0.15) is 0 Å². The number of fused-ring (bicyclic) bond motifs is 1. The zero-order valence-electron chi connectivity index (χ0n) is 16.4. The van der Waals surface area contributed by atoms with Crippen LogP contribution in [0.1, 0.15) is 64.2 Å². The van der Waals surface area contributed by atoms with Gasteiger partial charge < -0.3 is 16.0 Å². The molecule has 4 rings (SSSR count). The lowest BCUT2D eigenvalue weighted by molar-refractivity contribution is -0.120. The van der Waals surface area contributed by atoms with E-state index in [0.29, 0.717) is 12.0 Å². The SMILES string of the molecule is Cl.O=C(Nc1cccc(NC(=O)C2CC3CCCCC3N2)c1)C1CCCCC1. The number of halogens is 1. The molecule has 2 amide bonds. The fourth-order valence-electron chi connectivity index (χ4n) is 5.03. The third kappa shape index (κ3) is 5.06. The Kier molecular flexibility index (Phi) is 7.36. The van der Waals surface area contributed by atoms with Gasteiger partial charge in [0.25, 0.3) is 0 Å². The minimum Gasteiger partial charge on any atom is -0.326 e. The van der Waals surface area contributed by atoms with Crippen LogP contribution >= 0.6 is 12.4 Å². The highest BCUT2D eigenvalue weighted by molar-refractivity contribution is 5.97. The molecule has 5 nitrogen and oxygen atoms in total. The van der Waals surface area contributed by atoms with Gasteiger partial charge in [-0.05, 0) is 56.2 Å². The van der Waals surface area contributed by atoms with Crippen molar-refractivity contribution >= 4 is 35.6 Å². The Bertz CT molecular complexity index is 676. The molecule has 1 saturated heterocycles. The van der Waals surface area contributed by atoms with Gasteiger partial charge in [0.2, 0.25) is 11.8 Å². The number of hydrogen-bond donors (Lipinski definition) is 3. The Hall–Kier alpha value is -1.59. The average Bonchev–Trinajstić information content (AvgIpc) is 3.13. The van der Waals surface area contributed by atoms with Gasteiger partial charge in [-0.2, -0.15) is 0 Å². The van der Waals surface area contributed by atoms with Crippen LogP contribution in [-0.2, 0) is 9.59 Å². The van der Waals surface area contributed by atoms with E-state index in [2.05, 4.69) is 16.0 Å². The summed E-state index contributed by atoms with van der Waals surface area (Å²) in [5.41, 5.74) is 1.51. The van der Waals surface area contributed by atoms with E-state index in [-0.39, 0.29) is 36.2 Å². The van der Waals surface area contributed by atoms with Crippen LogP contribution in [0.25, 0.3) is 0 Å². The number of amides is 2. The average molecular weight is 406 g/mol. The lowest BCUT2D eigenvalue weighted by atomic mass is 9.85. The van der Waals surface area contributed by atoms with Crippen LogP contribution in [0.3, 0.4) is 0 Å². The molecule has 0 aromatic heterocycles. The summed E-state index contributed by atoms with van der Waals surface area (Å²) in [5.74, 6) is 0.929. The van der Waals surface area contributed by atoms with E-state index < -0.39 is 0 Å². The van der Waals surface area contributed by atoms with Crippen LogP contribution < -0.4 is 16.0 Å². The highest BCUT2D eigenvalue weighted by Gasteiger charge is 2.38. The maximum Gasteiger partial charge on any atom is 0.241 e. The lowest BCUT2D eigenvalue weighted by Crippen LogP contribution is -2.39. The third-order valence-electron chi connectivity index (χ3n) is 6.55. The van der Waals surface area contributed by atoms with E-state index >= 15 is 0 Å². The molecule has 0 radical (unpaired) electrons. The van der Waals surface area contributed by atoms with Gasteiger partial charge >= 0.3 is 0 Å². The fraction of sp³-hybridized carbons (Fsp3) is 0.636. The predicted molar refractivity (Wildman–Crippen MR) is 115 cm³/mol. The molecule has 3 atom stereocenters. The fourth-order valence-corrected chi connectivity index (χ4v) is 5.03. The summed E-state index contributed by atoms with van der Waals surface area (Å²) in [6, 6.07) is 7.93. The normalized spacial score (nSPS) is 27.4. The highest BCUT2D eigenvalue weighted by Crippen LogP contribution is 2.33. The van der Waals surface area contributed by atoms with Gasteiger partial charge in [0, 0.05) is 23.3 Å². The summed E-state index contributed by atoms with van der Waals surface area (Å²) in [6.07, 6.45) is 11.4. The van der Waals surface area contributed by atoms with E-state index in [9.17, 15) is 9.59 Å². The molecule has 2 aliphatic carbocycles. The van der Waals surface area contributed by atoms with Crippen LogP contribution in [0.2, 0.25) is 0 Å². The predicted octanol–water partition coefficient (Wildman–Crippen LogP) is 4.49.